The van der Waals surface area contributed by atoms with Gasteiger partial charge in [0, 0.05) is 12.2 Å². The molecule has 0 unspecified atom stereocenters. The van der Waals surface area contributed by atoms with Crippen molar-refractivity contribution in [3.05, 3.63) is 29.8 Å². The summed E-state index contributed by atoms with van der Waals surface area (Å²) >= 11 is 0. The Morgan fingerprint density at radius 3 is 2.95 bits per heavy atom. The van der Waals surface area contributed by atoms with Crippen LogP contribution in [-0.4, -0.2) is 29.0 Å². The van der Waals surface area contributed by atoms with E-state index in [1.807, 2.05) is 30.7 Å². The molecule has 108 valence electrons. The molecule has 0 radical (unpaired) electrons. The Hall–Kier alpha value is -2.24. The normalized spacial score (nSPS) is 10.6. The van der Waals surface area contributed by atoms with Crippen molar-refractivity contribution in [2.45, 2.75) is 27.3 Å². The zero-order valence-corrected chi connectivity index (χ0v) is 12.0. The van der Waals surface area contributed by atoms with E-state index in [0.29, 0.717) is 19.7 Å². The lowest BCUT2D eigenvalue weighted by molar-refractivity contribution is 0.151. The highest BCUT2D eigenvalue weighted by Gasteiger charge is 2.15. The van der Waals surface area contributed by atoms with E-state index in [9.17, 15) is 4.79 Å². The van der Waals surface area contributed by atoms with Crippen molar-refractivity contribution in [3.63, 3.8) is 0 Å². The van der Waals surface area contributed by atoms with Crippen LogP contribution in [0.25, 0.3) is 11.3 Å². The minimum Gasteiger partial charge on any atom is -0.464 e. The number of aromatic nitrogens is 2. The van der Waals surface area contributed by atoms with Crippen molar-refractivity contribution in [2.24, 2.45) is 0 Å². The van der Waals surface area contributed by atoms with Gasteiger partial charge in [-0.25, -0.2) is 4.79 Å². The maximum absolute atomic E-state index is 11.2. The van der Waals surface area contributed by atoms with E-state index in [1.165, 1.54) is 0 Å². The number of carbonyl (C=O) groups is 1. The number of alkyl carbamates (subject to hydrolysis) is 1. The molecule has 0 aliphatic heterocycles. The first-order chi connectivity index (χ1) is 9.63. The zero-order chi connectivity index (χ0) is 14.5. The largest absolute Gasteiger partial charge is 0.464 e. The van der Waals surface area contributed by atoms with Crippen LogP contribution in [0.5, 0.6) is 0 Å². The van der Waals surface area contributed by atoms with Crippen molar-refractivity contribution >= 4 is 6.09 Å². The van der Waals surface area contributed by atoms with Crippen molar-refractivity contribution in [2.75, 3.05) is 13.2 Å². The van der Waals surface area contributed by atoms with E-state index in [2.05, 4.69) is 10.4 Å². The fraction of sp³-hybridized carbons (Fsp3) is 0.429. The molecule has 2 rings (SSSR count). The van der Waals surface area contributed by atoms with E-state index in [4.69, 9.17) is 9.15 Å². The highest BCUT2D eigenvalue weighted by molar-refractivity contribution is 5.67. The van der Waals surface area contributed by atoms with Crippen LogP contribution in [0, 0.1) is 13.8 Å². The number of ether oxygens (including phenoxy) is 1. The second-order valence-corrected chi connectivity index (χ2v) is 4.39. The monoisotopic (exact) mass is 277 g/mol. The number of nitrogens with zero attached hydrogens (tertiary/aromatic N) is 2. The molecule has 0 saturated heterocycles. The Kier molecular flexibility index (Phi) is 4.45. The predicted octanol–water partition coefficient (Wildman–Crippen LogP) is 2.51. The summed E-state index contributed by atoms with van der Waals surface area (Å²) in [7, 11) is 0. The lowest BCUT2D eigenvalue weighted by Gasteiger charge is -2.07. The Morgan fingerprint density at radius 2 is 2.30 bits per heavy atom. The number of nitrogens with one attached hydrogen (secondary N) is 1. The van der Waals surface area contributed by atoms with Crippen LogP contribution in [0.1, 0.15) is 18.3 Å². The molecule has 20 heavy (non-hydrogen) atoms. The van der Waals surface area contributed by atoms with Gasteiger partial charge in [-0.1, -0.05) is 0 Å². The highest BCUT2D eigenvalue weighted by atomic mass is 16.5. The van der Waals surface area contributed by atoms with E-state index in [0.717, 1.165) is 22.7 Å². The summed E-state index contributed by atoms with van der Waals surface area (Å²) in [6.07, 6.45) is 1.24. The first-order valence-corrected chi connectivity index (χ1v) is 6.62. The van der Waals surface area contributed by atoms with Gasteiger partial charge in [0.15, 0.2) is 0 Å². The molecule has 6 heteroatoms. The molecule has 2 aromatic heterocycles. The first-order valence-electron chi connectivity index (χ1n) is 6.62. The van der Waals surface area contributed by atoms with Crippen molar-refractivity contribution in [1.82, 2.24) is 15.1 Å². The molecular weight excluding hydrogens is 258 g/mol. The summed E-state index contributed by atoms with van der Waals surface area (Å²) < 4.78 is 12.1. The van der Waals surface area contributed by atoms with E-state index < -0.39 is 6.09 Å². The predicted molar refractivity (Wildman–Crippen MR) is 74.4 cm³/mol. The van der Waals surface area contributed by atoms with E-state index in [-0.39, 0.29) is 0 Å². The third-order valence-electron chi connectivity index (χ3n) is 3.02. The van der Waals surface area contributed by atoms with Crippen LogP contribution in [0.4, 0.5) is 4.79 Å². The molecule has 0 spiro atoms. The van der Waals surface area contributed by atoms with Gasteiger partial charge in [-0.3, -0.25) is 4.68 Å². The summed E-state index contributed by atoms with van der Waals surface area (Å²) in [5, 5.41) is 7.15. The van der Waals surface area contributed by atoms with E-state index in [1.54, 1.807) is 13.2 Å². The number of amides is 1. The minimum absolute atomic E-state index is 0.369. The molecule has 1 N–H and O–H groups in total. The average Bonchev–Trinajstić information content (AvgIpc) is 2.99. The van der Waals surface area contributed by atoms with Crippen LogP contribution in [0.2, 0.25) is 0 Å². The molecule has 0 aromatic carbocycles. The second-order valence-electron chi connectivity index (χ2n) is 4.39. The van der Waals surface area contributed by atoms with Crippen LogP contribution in [0.3, 0.4) is 0 Å². The molecular formula is C14H19N3O3. The quantitative estimate of drug-likeness (QED) is 0.911. The molecule has 2 heterocycles. The number of aryl methyl sites for hydroxylation is 1. The van der Waals surface area contributed by atoms with Crippen molar-refractivity contribution < 1.29 is 13.9 Å². The number of carbonyl (C=O) groups excluding carboxylic acids is 1. The Morgan fingerprint density at radius 1 is 1.50 bits per heavy atom. The van der Waals surface area contributed by atoms with Gasteiger partial charge in [-0.15, -0.1) is 0 Å². The van der Waals surface area contributed by atoms with Crippen LogP contribution >= 0.6 is 0 Å². The van der Waals surface area contributed by atoms with Gasteiger partial charge < -0.3 is 14.5 Å². The smallest absolute Gasteiger partial charge is 0.407 e. The fourth-order valence-corrected chi connectivity index (χ4v) is 2.14. The van der Waals surface area contributed by atoms with Crippen molar-refractivity contribution in [3.8, 4) is 11.3 Å². The molecule has 0 bridgehead atoms. The molecule has 1 amide bonds. The van der Waals surface area contributed by atoms with Crippen LogP contribution in [0.15, 0.2) is 22.8 Å². The van der Waals surface area contributed by atoms with Gasteiger partial charge in [0.25, 0.3) is 0 Å². The lowest BCUT2D eigenvalue weighted by atomic mass is 10.1. The third-order valence-corrected chi connectivity index (χ3v) is 3.02. The maximum Gasteiger partial charge on any atom is 0.407 e. The van der Waals surface area contributed by atoms with Gasteiger partial charge in [-0.2, -0.15) is 5.10 Å². The molecule has 6 nitrogen and oxygen atoms in total. The summed E-state index contributed by atoms with van der Waals surface area (Å²) in [6.45, 7) is 7.14. The number of hydrogen-bond acceptors (Lipinski definition) is 4. The molecule has 0 atom stereocenters. The first kappa shape index (κ1) is 14.2. The summed E-state index contributed by atoms with van der Waals surface area (Å²) in [5.41, 5.74) is 2.93. The van der Waals surface area contributed by atoms with Crippen LogP contribution in [-0.2, 0) is 11.3 Å². The molecule has 0 saturated carbocycles. The Labute approximate surface area is 117 Å². The number of rotatable bonds is 5. The molecule has 0 fully saturated rings. The number of hydrogen-bond donors (Lipinski definition) is 1. The average molecular weight is 277 g/mol. The van der Waals surface area contributed by atoms with Crippen molar-refractivity contribution in [1.29, 1.82) is 0 Å². The van der Waals surface area contributed by atoms with Gasteiger partial charge in [0.05, 0.1) is 30.7 Å². The topological polar surface area (TPSA) is 69.3 Å². The summed E-state index contributed by atoms with van der Waals surface area (Å²) in [5.74, 6) is 0.810. The second kappa shape index (κ2) is 6.27. The standard InChI is InChI=1S/C14H19N3O3/c1-4-19-14(18)15-7-8-17-11(3)13(10(2)16-17)12-6-5-9-20-12/h5-6,9H,4,7-8H2,1-3H3,(H,15,18). The van der Waals surface area contributed by atoms with Gasteiger partial charge >= 0.3 is 6.09 Å². The maximum atomic E-state index is 11.2. The third kappa shape index (κ3) is 3.01. The lowest BCUT2D eigenvalue weighted by Crippen LogP contribution is -2.28. The van der Waals surface area contributed by atoms with Crippen LogP contribution < -0.4 is 5.32 Å². The van der Waals surface area contributed by atoms with Gasteiger partial charge in [0.1, 0.15) is 5.76 Å². The zero-order valence-electron chi connectivity index (χ0n) is 12.0. The van der Waals surface area contributed by atoms with Gasteiger partial charge in [0.2, 0.25) is 0 Å². The Balaban J connectivity index is 2.03. The molecule has 0 aliphatic carbocycles. The summed E-state index contributed by atoms with van der Waals surface area (Å²) in [4.78, 5) is 11.2. The van der Waals surface area contributed by atoms with Gasteiger partial charge in [-0.05, 0) is 32.9 Å². The Bertz CT molecular complexity index is 573. The summed E-state index contributed by atoms with van der Waals surface area (Å²) in [6, 6.07) is 3.77. The molecule has 2 aromatic rings. The van der Waals surface area contributed by atoms with E-state index >= 15 is 0 Å². The number of furan rings is 1. The molecule has 0 aliphatic rings. The highest BCUT2D eigenvalue weighted by Crippen LogP contribution is 2.26. The fourth-order valence-electron chi connectivity index (χ4n) is 2.14. The SMILES string of the molecule is CCOC(=O)NCCn1nc(C)c(-c2ccco2)c1C. The minimum atomic E-state index is -0.403.